The predicted molar refractivity (Wildman–Crippen MR) is 87.1 cm³/mol. The van der Waals surface area contributed by atoms with Gasteiger partial charge in [0, 0.05) is 16.5 Å². The lowest BCUT2D eigenvalue weighted by Gasteiger charge is -2.12. The molecule has 0 radical (unpaired) electrons. The van der Waals surface area contributed by atoms with Crippen LogP contribution in [0.15, 0.2) is 39.3 Å². The predicted octanol–water partition coefficient (Wildman–Crippen LogP) is 6.32. The number of ether oxygens (including phenoxy) is 1. The van der Waals surface area contributed by atoms with Gasteiger partial charge in [0.2, 0.25) is 0 Å². The molecular formula is C14H9Br2Cl2FO. The molecule has 0 aliphatic carbocycles. The zero-order chi connectivity index (χ0) is 14.7. The maximum atomic E-state index is 13.6. The topological polar surface area (TPSA) is 9.23 Å². The standard InChI is InChI=1S/C14H9Br2Cl2FO/c15-11-3-8(6-17)4-12(16)14(11)20-7-9-5-10(18)1-2-13(9)19/h1-5H,6-7H2. The highest BCUT2D eigenvalue weighted by molar-refractivity contribution is 9.11. The van der Waals surface area contributed by atoms with Gasteiger partial charge in [-0.15, -0.1) is 11.6 Å². The van der Waals surface area contributed by atoms with Crippen molar-refractivity contribution in [3.63, 3.8) is 0 Å². The van der Waals surface area contributed by atoms with Crippen molar-refractivity contribution in [3.05, 3.63) is 61.2 Å². The molecule has 0 atom stereocenters. The van der Waals surface area contributed by atoms with E-state index in [1.165, 1.54) is 12.1 Å². The number of rotatable bonds is 4. The van der Waals surface area contributed by atoms with E-state index in [0.29, 0.717) is 22.2 Å². The molecule has 6 heteroatoms. The number of hydrogen-bond acceptors (Lipinski definition) is 1. The Balaban J connectivity index is 2.21. The molecule has 0 fully saturated rings. The average Bonchev–Trinajstić information content (AvgIpc) is 2.41. The summed E-state index contributed by atoms with van der Waals surface area (Å²) in [5.41, 5.74) is 1.35. The van der Waals surface area contributed by atoms with Crippen LogP contribution in [0.5, 0.6) is 5.75 Å². The highest BCUT2D eigenvalue weighted by Gasteiger charge is 2.11. The normalized spacial score (nSPS) is 10.7. The Morgan fingerprint density at radius 2 is 1.75 bits per heavy atom. The minimum atomic E-state index is -0.348. The summed E-state index contributed by atoms with van der Waals surface area (Å²) >= 11 is 18.5. The highest BCUT2D eigenvalue weighted by atomic mass is 79.9. The third-order valence-corrected chi connectivity index (χ3v) is 4.31. The molecular weight excluding hydrogens is 434 g/mol. The van der Waals surface area contributed by atoms with Crippen LogP contribution in [0.4, 0.5) is 4.39 Å². The minimum Gasteiger partial charge on any atom is -0.486 e. The molecule has 0 bridgehead atoms. The summed E-state index contributed by atoms with van der Waals surface area (Å²) < 4.78 is 20.8. The van der Waals surface area contributed by atoms with E-state index in [-0.39, 0.29) is 12.4 Å². The van der Waals surface area contributed by atoms with Gasteiger partial charge in [0.25, 0.3) is 0 Å². The Bertz CT molecular complexity index is 612. The van der Waals surface area contributed by atoms with Gasteiger partial charge >= 0.3 is 0 Å². The van der Waals surface area contributed by atoms with Crippen LogP contribution in [0, 0.1) is 5.82 Å². The molecule has 0 amide bonds. The molecule has 0 unspecified atom stereocenters. The van der Waals surface area contributed by atoms with Gasteiger partial charge < -0.3 is 4.74 Å². The Morgan fingerprint density at radius 3 is 2.35 bits per heavy atom. The molecule has 2 rings (SSSR count). The van der Waals surface area contributed by atoms with Gasteiger partial charge in [-0.1, -0.05) is 11.6 Å². The zero-order valence-corrected chi connectivity index (χ0v) is 14.8. The van der Waals surface area contributed by atoms with Crippen LogP contribution in [0.25, 0.3) is 0 Å². The second-order valence-electron chi connectivity index (χ2n) is 4.05. The molecule has 0 spiro atoms. The SMILES string of the molecule is Fc1ccc(Cl)cc1COc1c(Br)cc(CCl)cc1Br. The van der Waals surface area contributed by atoms with E-state index in [2.05, 4.69) is 31.9 Å². The number of alkyl halides is 1. The second kappa shape index (κ2) is 7.12. The van der Waals surface area contributed by atoms with Crippen molar-refractivity contribution < 1.29 is 9.13 Å². The van der Waals surface area contributed by atoms with E-state index < -0.39 is 0 Å². The first-order valence-electron chi connectivity index (χ1n) is 5.62. The van der Waals surface area contributed by atoms with Crippen LogP contribution in [-0.4, -0.2) is 0 Å². The lowest BCUT2D eigenvalue weighted by Crippen LogP contribution is -2.00. The van der Waals surface area contributed by atoms with Gasteiger partial charge in [-0.2, -0.15) is 0 Å². The molecule has 106 valence electrons. The van der Waals surface area contributed by atoms with Gasteiger partial charge in [0.15, 0.2) is 0 Å². The fourth-order valence-electron chi connectivity index (χ4n) is 1.63. The van der Waals surface area contributed by atoms with Crippen LogP contribution in [0.1, 0.15) is 11.1 Å². The summed E-state index contributed by atoms with van der Waals surface area (Å²) in [6, 6.07) is 8.10. The summed E-state index contributed by atoms with van der Waals surface area (Å²) in [7, 11) is 0. The lowest BCUT2D eigenvalue weighted by molar-refractivity contribution is 0.296. The van der Waals surface area contributed by atoms with E-state index in [0.717, 1.165) is 14.5 Å². The summed E-state index contributed by atoms with van der Waals surface area (Å²) in [4.78, 5) is 0. The molecule has 2 aromatic rings. The van der Waals surface area contributed by atoms with Crippen LogP contribution < -0.4 is 4.74 Å². The molecule has 0 saturated carbocycles. The van der Waals surface area contributed by atoms with Gasteiger partial charge in [0.1, 0.15) is 18.2 Å². The molecule has 0 aromatic heterocycles. The number of halogens is 5. The molecule has 0 aliphatic rings. The zero-order valence-electron chi connectivity index (χ0n) is 10.1. The largest absolute Gasteiger partial charge is 0.486 e. The van der Waals surface area contributed by atoms with Gasteiger partial charge in [0.05, 0.1) is 8.95 Å². The third kappa shape index (κ3) is 3.88. The van der Waals surface area contributed by atoms with Gasteiger partial charge in [-0.05, 0) is 67.8 Å². The fourth-order valence-corrected chi connectivity index (χ4v) is 3.49. The van der Waals surface area contributed by atoms with Crippen LogP contribution in [0.3, 0.4) is 0 Å². The molecule has 2 aromatic carbocycles. The first kappa shape index (κ1) is 16.1. The molecule has 1 nitrogen and oxygen atoms in total. The van der Waals surface area contributed by atoms with Crippen molar-refractivity contribution in [2.75, 3.05) is 0 Å². The average molecular weight is 443 g/mol. The van der Waals surface area contributed by atoms with Crippen LogP contribution >= 0.6 is 55.1 Å². The minimum absolute atomic E-state index is 0.0871. The molecule has 0 saturated heterocycles. The number of hydrogen-bond donors (Lipinski definition) is 0. The van der Waals surface area contributed by atoms with Crippen molar-refractivity contribution in [1.82, 2.24) is 0 Å². The smallest absolute Gasteiger partial charge is 0.148 e. The van der Waals surface area contributed by atoms with Crippen LogP contribution in [0.2, 0.25) is 5.02 Å². The van der Waals surface area contributed by atoms with E-state index in [9.17, 15) is 4.39 Å². The summed E-state index contributed by atoms with van der Waals surface area (Å²) in [5.74, 6) is 0.651. The Labute approximate surface area is 143 Å². The van der Waals surface area contributed by atoms with Crippen molar-refractivity contribution in [2.24, 2.45) is 0 Å². The summed E-state index contributed by atoms with van der Waals surface area (Å²) in [6.45, 7) is 0.0871. The third-order valence-electron chi connectivity index (χ3n) is 2.59. The van der Waals surface area contributed by atoms with Gasteiger partial charge in [-0.25, -0.2) is 4.39 Å². The van der Waals surface area contributed by atoms with E-state index in [4.69, 9.17) is 27.9 Å². The Hall–Kier alpha value is -0.290. The van der Waals surface area contributed by atoms with Crippen molar-refractivity contribution in [1.29, 1.82) is 0 Å². The molecule has 20 heavy (non-hydrogen) atoms. The quantitative estimate of drug-likeness (QED) is 0.503. The molecule has 0 aliphatic heterocycles. The van der Waals surface area contributed by atoms with Crippen molar-refractivity contribution in [3.8, 4) is 5.75 Å². The van der Waals surface area contributed by atoms with E-state index >= 15 is 0 Å². The van der Waals surface area contributed by atoms with E-state index in [1.54, 1.807) is 6.07 Å². The number of benzene rings is 2. The monoisotopic (exact) mass is 440 g/mol. The molecule has 0 N–H and O–H groups in total. The lowest BCUT2D eigenvalue weighted by atomic mass is 10.2. The Kier molecular flexibility index (Phi) is 5.73. The maximum absolute atomic E-state index is 13.6. The first-order valence-corrected chi connectivity index (χ1v) is 8.11. The van der Waals surface area contributed by atoms with E-state index in [1.807, 2.05) is 12.1 Å². The maximum Gasteiger partial charge on any atom is 0.148 e. The van der Waals surface area contributed by atoms with Gasteiger partial charge in [-0.3, -0.25) is 0 Å². The summed E-state index contributed by atoms with van der Waals surface area (Å²) in [5, 5.41) is 0.473. The molecule has 0 heterocycles. The van der Waals surface area contributed by atoms with Crippen molar-refractivity contribution in [2.45, 2.75) is 12.5 Å². The fraction of sp³-hybridized carbons (Fsp3) is 0.143. The second-order valence-corrected chi connectivity index (χ2v) is 6.46. The highest BCUT2D eigenvalue weighted by Crippen LogP contribution is 2.36. The first-order chi connectivity index (χ1) is 9.51. The van der Waals surface area contributed by atoms with Crippen LogP contribution in [-0.2, 0) is 12.5 Å². The Morgan fingerprint density at radius 1 is 1.10 bits per heavy atom. The van der Waals surface area contributed by atoms with Crippen molar-refractivity contribution >= 4 is 55.1 Å². The summed E-state index contributed by atoms with van der Waals surface area (Å²) in [6.07, 6.45) is 0.